The van der Waals surface area contributed by atoms with Gasteiger partial charge in [-0.1, -0.05) is 18.2 Å². The lowest BCUT2D eigenvalue weighted by Gasteiger charge is -2.11. The molecule has 0 radical (unpaired) electrons. The fourth-order valence-corrected chi connectivity index (χ4v) is 1.71. The predicted octanol–water partition coefficient (Wildman–Crippen LogP) is 2.57. The second-order valence-electron chi connectivity index (χ2n) is 4.76. The van der Waals surface area contributed by atoms with Crippen molar-refractivity contribution in [3.8, 4) is 5.75 Å². The molecule has 6 heteroatoms. The zero-order valence-corrected chi connectivity index (χ0v) is 11.9. The number of carboxylic acids is 1. The number of hydrogen-bond donors (Lipinski definition) is 2. The molecule has 0 saturated carbocycles. The van der Waals surface area contributed by atoms with Gasteiger partial charge in [0, 0.05) is 12.1 Å². The van der Waals surface area contributed by atoms with Crippen LogP contribution in [0.15, 0.2) is 36.4 Å². The summed E-state index contributed by atoms with van der Waals surface area (Å²) < 4.78 is 5.54. The van der Waals surface area contributed by atoms with E-state index in [0.717, 1.165) is 0 Å². The van der Waals surface area contributed by atoms with Gasteiger partial charge < -0.3 is 15.2 Å². The number of carbonyl (C=O) groups is 1. The van der Waals surface area contributed by atoms with Crippen LogP contribution >= 0.6 is 0 Å². The van der Waals surface area contributed by atoms with E-state index in [0.29, 0.717) is 17.4 Å². The van der Waals surface area contributed by atoms with Crippen LogP contribution in [0.1, 0.15) is 30.2 Å². The fraction of sp³-hybridized carbons (Fsp3) is 0.267. The molecule has 21 heavy (non-hydrogen) atoms. The van der Waals surface area contributed by atoms with Crippen LogP contribution in [0.25, 0.3) is 0 Å². The molecule has 0 aliphatic carbocycles. The largest absolute Gasteiger partial charge is 0.486 e. The molecule has 110 valence electrons. The Labute approximate surface area is 122 Å². The van der Waals surface area contributed by atoms with Gasteiger partial charge in [-0.05, 0) is 26.0 Å². The molecule has 2 aromatic rings. The van der Waals surface area contributed by atoms with Crippen LogP contribution in [0.3, 0.4) is 0 Å². The summed E-state index contributed by atoms with van der Waals surface area (Å²) in [5.41, 5.74) is -0.0557. The van der Waals surface area contributed by atoms with Crippen molar-refractivity contribution >= 4 is 11.8 Å². The van der Waals surface area contributed by atoms with Gasteiger partial charge in [0.15, 0.2) is 11.5 Å². The number of benzene rings is 1. The molecular formula is C15H17N3O3. The van der Waals surface area contributed by atoms with Gasteiger partial charge in [0.1, 0.15) is 18.2 Å². The Morgan fingerprint density at radius 1 is 1.29 bits per heavy atom. The molecule has 1 aromatic heterocycles. The van der Waals surface area contributed by atoms with E-state index in [2.05, 4.69) is 15.3 Å². The van der Waals surface area contributed by atoms with Gasteiger partial charge in [-0.3, -0.25) is 0 Å². The molecule has 1 heterocycles. The summed E-state index contributed by atoms with van der Waals surface area (Å²) in [7, 11) is 0. The Kier molecular flexibility index (Phi) is 4.71. The molecular weight excluding hydrogens is 270 g/mol. The molecule has 0 fully saturated rings. The first-order valence-electron chi connectivity index (χ1n) is 6.60. The average molecular weight is 287 g/mol. The summed E-state index contributed by atoms with van der Waals surface area (Å²) in [5, 5.41) is 12.2. The standard InChI is InChI=1S/C15H17N3O3/c1-10(2)16-13-8-12(15(19)20)17-14(18-13)9-21-11-6-4-3-5-7-11/h3-8,10H,9H2,1-2H3,(H,19,20)(H,16,17,18). The highest BCUT2D eigenvalue weighted by atomic mass is 16.5. The van der Waals surface area contributed by atoms with E-state index >= 15 is 0 Å². The maximum Gasteiger partial charge on any atom is 0.354 e. The Morgan fingerprint density at radius 2 is 2.00 bits per heavy atom. The first-order chi connectivity index (χ1) is 10.0. The quantitative estimate of drug-likeness (QED) is 0.849. The van der Waals surface area contributed by atoms with Gasteiger partial charge in [0.25, 0.3) is 0 Å². The van der Waals surface area contributed by atoms with Gasteiger partial charge in [-0.15, -0.1) is 0 Å². The zero-order chi connectivity index (χ0) is 15.2. The molecule has 0 unspecified atom stereocenters. The Bertz CT molecular complexity index is 615. The van der Waals surface area contributed by atoms with Gasteiger partial charge in [-0.2, -0.15) is 0 Å². The van der Waals surface area contributed by atoms with E-state index in [1.807, 2.05) is 44.2 Å². The summed E-state index contributed by atoms with van der Waals surface area (Å²) >= 11 is 0. The van der Waals surface area contributed by atoms with Crippen molar-refractivity contribution in [2.45, 2.75) is 26.5 Å². The molecule has 2 rings (SSSR count). The van der Waals surface area contributed by atoms with E-state index < -0.39 is 5.97 Å². The Hall–Kier alpha value is -2.63. The minimum absolute atomic E-state index is 0.0557. The number of rotatable bonds is 6. The number of nitrogens with one attached hydrogen (secondary N) is 1. The minimum Gasteiger partial charge on any atom is -0.486 e. The maximum absolute atomic E-state index is 11.1. The van der Waals surface area contributed by atoms with E-state index in [1.165, 1.54) is 6.07 Å². The van der Waals surface area contributed by atoms with E-state index in [-0.39, 0.29) is 18.3 Å². The Morgan fingerprint density at radius 3 is 2.62 bits per heavy atom. The van der Waals surface area contributed by atoms with Crippen molar-refractivity contribution in [1.82, 2.24) is 9.97 Å². The SMILES string of the molecule is CC(C)Nc1cc(C(=O)O)nc(COc2ccccc2)n1. The van der Waals surface area contributed by atoms with Crippen LogP contribution in [0.5, 0.6) is 5.75 Å². The highest BCUT2D eigenvalue weighted by Crippen LogP contribution is 2.13. The van der Waals surface area contributed by atoms with Gasteiger partial charge in [-0.25, -0.2) is 14.8 Å². The third-order valence-corrected chi connectivity index (χ3v) is 2.54. The molecule has 0 spiro atoms. The number of aromatic carboxylic acids is 1. The van der Waals surface area contributed by atoms with Gasteiger partial charge in [0.2, 0.25) is 0 Å². The summed E-state index contributed by atoms with van der Waals surface area (Å²) in [6, 6.07) is 10.8. The van der Waals surface area contributed by atoms with Crippen LogP contribution < -0.4 is 10.1 Å². The monoisotopic (exact) mass is 287 g/mol. The summed E-state index contributed by atoms with van der Waals surface area (Å²) in [6.45, 7) is 4.00. The highest BCUT2D eigenvalue weighted by Gasteiger charge is 2.11. The number of nitrogens with zero attached hydrogens (tertiary/aromatic N) is 2. The smallest absolute Gasteiger partial charge is 0.354 e. The normalized spacial score (nSPS) is 10.4. The lowest BCUT2D eigenvalue weighted by atomic mass is 10.3. The highest BCUT2D eigenvalue weighted by molar-refractivity contribution is 5.86. The number of para-hydroxylation sites is 1. The number of anilines is 1. The first-order valence-corrected chi connectivity index (χ1v) is 6.60. The van der Waals surface area contributed by atoms with Crippen LogP contribution in [-0.2, 0) is 6.61 Å². The van der Waals surface area contributed by atoms with Crippen molar-refractivity contribution in [2.24, 2.45) is 0 Å². The molecule has 0 amide bonds. The third kappa shape index (κ3) is 4.45. The Balaban J connectivity index is 2.17. The van der Waals surface area contributed by atoms with Crippen molar-refractivity contribution in [3.63, 3.8) is 0 Å². The molecule has 0 saturated heterocycles. The summed E-state index contributed by atoms with van der Waals surface area (Å²) in [4.78, 5) is 19.3. The van der Waals surface area contributed by atoms with E-state index in [1.54, 1.807) is 0 Å². The van der Waals surface area contributed by atoms with Crippen LogP contribution in [-0.4, -0.2) is 27.1 Å². The number of hydrogen-bond acceptors (Lipinski definition) is 5. The van der Waals surface area contributed by atoms with Gasteiger partial charge in [0.05, 0.1) is 0 Å². The molecule has 6 nitrogen and oxygen atoms in total. The second kappa shape index (κ2) is 6.69. The molecule has 0 bridgehead atoms. The third-order valence-electron chi connectivity index (χ3n) is 2.54. The second-order valence-corrected chi connectivity index (χ2v) is 4.76. The molecule has 2 N–H and O–H groups in total. The van der Waals surface area contributed by atoms with Crippen molar-refractivity contribution in [1.29, 1.82) is 0 Å². The summed E-state index contributed by atoms with van der Waals surface area (Å²) in [6.07, 6.45) is 0. The van der Waals surface area contributed by atoms with E-state index in [4.69, 9.17) is 9.84 Å². The van der Waals surface area contributed by atoms with Gasteiger partial charge >= 0.3 is 5.97 Å². The van der Waals surface area contributed by atoms with Crippen LogP contribution in [0.2, 0.25) is 0 Å². The number of ether oxygens (including phenoxy) is 1. The van der Waals surface area contributed by atoms with Crippen molar-refractivity contribution in [2.75, 3.05) is 5.32 Å². The first kappa shape index (κ1) is 14.8. The molecule has 0 atom stereocenters. The fourth-order valence-electron chi connectivity index (χ4n) is 1.71. The number of aromatic nitrogens is 2. The molecule has 0 aliphatic heterocycles. The molecule has 0 aliphatic rings. The van der Waals surface area contributed by atoms with Crippen LogP contribution in [0, 0.1) is 0 Å². The topological polar surface area (TPSA) is 84.3 Å². The van der Waals surface area contributed by atoms with E-state index in [9.17, 15) is 4.79 Å². The lowest BCUT2D eigenvalue weighted by Crippen LogP contribution is -2.15. The maximum atomic E-state index is 11.1. The lowest BCUT2D eigenvalue weighted by molar-refractivity contribution is 0.0689. The molecule has 1 aromatic carbocycles. The van der Waals surface area contributed by atoms with Crippen LogP contribution in [0.4, 0.5) is 5.82 Å². The zero-order valence-electron chi connectivity index (χ0n) is 11.9. The average Bonchev–Trinajstić information content (AvgIpc) is 2.45. The van der Waals surface area contributed by atoms with Crippen molar-refractivity contribution in [3.05, 3.63) is 47.9 Å². The minimum atomic E-state index is -1.09. The van der Waals surface area contributed by atoms with Crippen molar-refractivity contribution < 1.29 is 14.6 Å². The predicted molar refractivity (Wildman–Crippen MR) is 78.5 cm³/mol. The summed E-state index contributed by atoms with van der Waals surface area (Å²) in [5.74, 6) is 0.385. The number of carboxylic acid groups (broad SMARTS) is 1.